The van der Waals surface area contributed by atoms with Crippen molar-refractivity contribution in [2.24, 2.45) is 0 Å². The summed E-state index contributed by atoms with van der Waals surface area (Å²) in [6.45, 7) is 4.03. The molecule has 0 aliphatic carbocycles. The SMILES string of the molecule is CCCCCCCC[N+](C)(C)CCCS(=O)(=O)[O-]. The van der Waals surface area contributed by atoms with Crippen LogP contribution in [0.25, 0.3) is 0 Å². The highest BCUT2D eigenvalue weighted by Crippen LogP contribution is 2.09. The molecule has 0 aromatic rings. The molecule has 110 valence electrons. The Bertz CT molecular complexity index is 299. The molecular formula is C13H29NO3S. The highest BCUT2D eigenvalue weighted by Gasteiger charge is 2.14. The third kappa shape index (κ3) is 12.3. The minimum absolute atomic E-state index is 0.231. The predicted octanol–water partition coefficient (Wildman–Crippen LogP) is 2.36. The van der Waals surface area contributed by atoms with Gasteiger partial charge in [-0.15, -0.1) is 0 Å². The van der Waals surface area contributed by atoms with Crippen LogP contribution in [0, 0.1) is 0 Å². The highest BCUT2D eigenvalue weighted by molar-refractivity contribution is 7.85. The van der Waals surface area contributed by atoms with E-state index in [0.717, 1.165) is 17.6 Å². The molecule has 0 unspecified atom stereocenters. The van der Waals surface area contributed by atoms with E-state index in [9.17, 15) is 13.0 Å². The van der Waals surface area contributed by atoms with Crippen molar-refractivity contribution in [3.05, 3.63) is 0 Å². The minimum atomic E-state index is -4.04. The Morgan fingerprint density at radius 3 is 1.94 bits per heavy atom. The lowest BCUT2D eigenvalue weighted by Gasteiger charge is -2.30. The smallest absolute Gasteiger partial charge is 0.0948 e. The molecule has 0 amide bonds. The van der Waals surface area contributed by atoms with E-state index in [1.807, 2.05) is 0 Å². The molecule has 0 aromatic carbocycles. The molecule has 0 aliphatic rings. The van der Waals surface area contributed by atoms with Gasteiger partial charge in [0.2, 0.25) is 0 Å². The van der Waals surface area contributed by atoms with Crippen molar-refractivity contribution >= 4 is 10.1 Å². The molecule has 4 nitrogen and oxygen atoms in total. The first-order chi connectivity index (χ1) is 8.27. The van der Waals surface area contributed by atoms with Gasteiger partial charge in [-0.2, -0.15) is 0 Å². The first-order valence-electron chi connectivity index (χ1n) is 7.02. The molecular weight excluding hydrogens is 250 g/mol. The number of hydrogen-bond donors (Lipinski definition) is 0. The van der Waals surface area contributed by atoms with Crippen LogP contribution in [0.15, 0.2) is 0 Å². The average molecular weight is 279 g/mol. The molecule has 0 rings (SSSR count). The van der Waals surface area contributed by atoms with E-state index >= 15 is 0 Å². The van der Waals surface area contributed by atoms with Crippen LogP contribution in [0.4, 0.5) is 0 Å². The summed E-state index contributed by atoms with van der Waals surface area (Å²) in [7, 11) is 0.159. The lowest BCUT2D eigenvalue weighted by Crippen LogP contribution is -2.41. The number of unbranched alkanes of at least 4 members (excludes halogenated alkanes) is 5. The van der Waals surface area contributed by atoms with Gasteiger partial charge in [0.05, 0.1) is 37.3 Å². The predicted molar refractivity (Wildman–Crippen MR) is 74.4 cm³/mol. The van der Waals surface area contributed by atoms with E-state index in [4.69, 9.17) is 0 Å². The molecule has 0 radical (unpaired) electrons. The summed E-state index contributed by atoms with van der Waals surface area (Å²) < 4.78 is 32.4. The van der Waals surface area contributed by atoms with Crippen LogP contribution < -0.4 is 0 Å². The average Bonchev–Trinajstić information content (AvgIpc) is 2.21. The quantitative estimate of drug-likeness (QED) is 0.331. The van der Waals surface area contributed by atoms with Gasteiger partial charge in [-0.3, -0.25) is 0 Å². The monoisotopic (exact) mass is 279 g/mol. The Morgan fingerprint density at radius 2 is 1.39 bits per heavy atom. The van der Waals surface area contributed by atoms with Crippen LogP contribution >= 0.6 is 0 Å². The highest BCUT2D eigenvalue weighted by atomic mass is 32.2. The van der Waals surface area contributed by atoms with Gasteiger partial charge < -0.3 is 9.04 Å². The number of nitrogens with zero attached hydrogens (tertiary/aromatic N) is 1. The Hall–Kier alpha value is -0.130. The molecule has 0 aromatic heterocycles. The number of quaternary nitrogens is 1. The number of hydrogen-bond acceptors (Lipinski definition) is 3. The summed E-state index contributed by atoms with van der Waals surface area (Å²) in [6, 6.07) is 0. The van der Waals surface area contributed by atoms with Crippen molar-refractivity contribution in [2.75, 3.05) is 32.9 Å². The molecule has 5 heteroatoms. The van der Waals surface area contributed by atoms with Gasteiger partial charge >= 0.3 is 0 Å². The number of rotatable bonds is 11. The minimum Gasteiger partial charge on any atom is -0.748 e. The Balaban J connectivity index is 3.61. The molecule has 0 aliphatic heterocycles. The summed E-state index contributed by atoms with van der Waals surface area (Å²) in [6.07, 6.45) is 8.10. The lowest BCUT2D eigenvalue weighted by molar-refractivity contribution is -0.890. The summed E-state index contributed by atoms with van der Waals surface area (Å²) in [4.78, 5) is 0. The second kappa shape index (κ2) is 8.88. The van der Waals surface area contributed by atoms with E-state index in [1.165, 1.54) is 38.5 Å². The van der Waals surface area contributed by atoms with Gasteiger partial charge in [-0.1, -0.05) is 32.6 Å². The zero-order valence-electron chi connectivity index (χ0n) is 12.2. The van der Waals surface area contributed by atoms with Crippen molar-refractivity contribution in [3.63, 3.8) is 0 Å². The Morgan fingerprint density at radius 1 is 0.889 bits per heavy atom. The summed E-state index contributed by atoms with van der Waals surface area (Å²) in [5.74, 6) is -0.231. The van der Waals surface area contributed by atoms with E-state index < -0.39 is 10.1 Å². The standard InChI is InChI=1S/C13H29NO3S/c1-4-5-6-7-8-9-11-14(2,3)12-10-13-18(15,16)17/h4-13H2,1-3H3. The van der Waals surface area contributed by atoms with Crippen molar-refractivity contribution in [2.45, 2.75) is 51.9 Å². The van der Waals surface area contributed by atoms with Crippen molar-refractivity contribution in [1.82, 2.24) is 0 Å². The van der Waals surface area contributed by atoms with Crippen LogP contribution in [0.5, 0.6) is 0 Å². The Kier molecular flexibility index (Phi) is 8.82. The van der Waals surface area contributed by atoms with Crippen molar-refractivity contribution in [3.8, 4) is 0 Å². The van der Waals surface area contributed by atoms with Gasteiger partial charge in [-0.25, -0.2) is 8.42 Å². The topological polar surface area (TPSA) is 57.2 Å². The van der Waals surface area contributed by atoms with Crippen LogP contribution in [0.1, 0.15) is 51.9 Å². The maximum absolute atomic E-state index is 10.5. The molecule has 0 fully saturated rings. The maximum atomic E-state index is 10.5. The van der Waals surface area contributed by atoms with Crippen molar-refractivity contribution < 1.29 is 17.5 Å². The molecule has 18 heavy (non-hydrogen) atoms. The largest absolute Gasteiger partial charge is 0.748 e. The van der Waals surface area contributed by atoms with Gasteiger partial charge in [0.25, 0.3) is 0 Å². The molecule has 0 bridgehead atoms. The van der Waals surface area contributed by atoms with Crippen LogP contribution in [0.3, 0.4) is 0 Å². The maximum Gasteiger partial charge on any atom is 0.0948 e. The Labute approximate surface area is 113 Å². The third-order valence-corrected chi connectivity index (χ3v) is 4.06. The second-order valence-electron chi connectivity index (χ2n) is 5.77. The van der Waals surface area contributed by atoms with Gasteiger partial charge in [0.15, 0.2) is 0 Å². The fraction of sp³-hybridized carbons (Fsp3) is 1.00. The summed E-state index contributed by atoms with van der Waals surface area (Å²) >= 11 is 0. The van der Waals surface area contributed by atoms with E-state index in [1.54, 1.807) is 0 Å². The fourth-order valence-corrected chi connectivity index (χ4v) is 2.58. The summed E-state index contributed by atoms with van der Waals surface area (Å²) in [5, 5.41) is 0. The van der Waals surface area contributed by atoms with Crippen LogP contribution in [-0.4, -0.2) is 50.4 Å². The van der Waals surface area contributed by atoms with Crippen LogP contribution in [-0.2, 0) is 10.1 Å². The summed E-state index contributed by atoms with van der Waals surface area (Å²) in [5.41, 5.74) is 0. The second-order valence-corrected chi connectivity index (χ2v) is 7.29. The van der Waals surface area contributed by atoms with Crippen LogP contribution in [0.2, 0.25) is 0 Å². The fourth-order valence-electron chi connectivity index (χ4n) is 2.10. The zero-order chi connectivity index (χ0) is 14.1. The molecule has 0 atom stereocenters. The molecule has 0 saturated heterocycles. The molecule has 0 N–H and O–H groups in total. The third-order valence-electron chi connectivity index (χ3n) is 3.27. The van der Waals surface area contributed by atoms with E-state index in [-0.39, 0.29) is 5.75 Å². The van der Waals surface area contributed by atoms with Gasteiger partial charge in [-0.05, 0) is 12.8 Å². The van der Waals surface area contributed by atoms with Crippen molar-refractivity contribution in [1.29, 1.82) is 0 Å². The molecule has 0 saturated carbocycles. The van der Waals surface area contributed by atoms with Gasteiger partial charge in [0, 0.05) is 12.2 Å². The molecule has 0 heterocycles. The van der Waals surface area contributed by atoms with Gasteiger partial charge in [0.1, 0.15) is 0 Å². The normalized spacial score (nSPS) is 12.9. The van der Waals surface area contributed by atoms with E-state index in [0.29, 0.717) is 6.42 Å². The lowest BCUT2D eigenvalue weighted by atomic mass is 10.1. The first-order valence-corrected chi connectivity index (χ1v) is 8.60. The first kappa shape index (κ1) is 17.9. The van der Waals surface area contributed by atoms with E-state index in [2.05, 4.69) is 21.0 Å². The zero-order valence-corrected chi connectivity index (χ0v) is 13.0. The molecule has 0 spiro atoms.